The van der Waals surface area contributed by atoms with Crippen molar-refractivity contribution < 1.29 is 34.6 Å². The zero-order chi connectivity index (χ0) is 17.4. The molecule has 1 heterocycles. The lowest BCUT2D eigenvalue weighted by atomic mass is 10.0. The first kappa shape index (κ1) is 15.7. The molecule has 0 aliphatic carbocycles. The van der Waals surface area contributed by atoms with Crippen LogP contribution in [0.25, 0.3) is 6.08 Å². The molecule has 24 heavy (non-hydrogen) atoms. The Morgan fingerprint density at radius 1 is 0.917 bits per heavy atom. The van der Waals surface area contributed by atoms with Crippen LogP contribution < -0.4 is 14.2 Å². The number of ether oxygens (including phenoxy) is 3. The van der Waals surface area contributed by atoms with Crippen molar-refractivity contribution in [3.05, 3.63) is 41.2 Å². The number of hydrogen-bond acceptors (Lipinski definition) is 7. The minimum absolute atomic E-state index is 0.0423. The van der Waals surface area contributed by atoms with Crippen LogP contribution in [0.1, 0.15) is 17.2 Å². The fourth-order valence-electron chi connectivity index (χ4n) is 2.57. The molecule has 0 bridgehead atoms. The number of benzene rings is 2. The lowest BCUT2D eigenvalue weighted by Crippen LogP contribution is -2.15. The van der Waals surface area contributed by atoms with Gasteiger partial charge in [-0.1, -0.05) is 0 Å². The van der Waals surface area contributed by atoms with Crippen molar-refractivity contribution in [1.29, 1.82) is 0 Å². The van der Waals surface area contributed by atoms with E-state index in [2.05, 4.69) is 0 Å². The van der Waals surface area contributed by atoms with Gasteiger partial charge in [0.15, 0.2) is 17.6 Å². The van der Waals surface area contributed by atoms with Crippen LogP contribution in [0.5, 0.6) is 34.5 Å². The van der Waals surface area contributed by atoms with Crippen molar-refractivity contribution in [1.82, 2.24) is 0 Å². The fourth-order valence-corrected chi connectivity index (χ4v) is 2.57. The van der Waals surface area contributed by atoms with Crippen LogP contribution in [0.3, 0.4) is 0 Å². The van der Waals surface area contributed by atoms with E-state index in [0.717, 1.165) is 0 Å². The van der Waals surface area contributed by atoms with Gasteiger partial charge in [-0.3, -0.25) is 0 Å². The molecule has 7 nitrogen and oxygen atoms in total. The lowest BCUT2D eigenvalue weighted by Gasteiger charge is -2.26. The van der Waals surface area contributed by atoms with Gasteiger partial charge in [0.1, 0.15) is 23.0 Å². The van der Waals surface area contributed by atoms with Gasteiger partial charge in [0, 0.05) is 17.7 Å². The minimum atomic E-state index is -0.940. The van der Waals surface area contributed by atoms with E-state index >= 15 is 0 Å². The minimum Gasteiger partial charge on any atom is -0.508 e. The van der Waals surface area contributed by atoms with Crippen LogP contribution >= 0.6 is 0 Å². The topological polar surface area (TPSA) is 109 Å². The molecule has 0 saturated heterocycles. The molecule has 1 atom stereocenters. The Labute approximate surface area is 137 Å². The molecule has 4 N–H and O–H groups in total. The molecular weight excluding hydrogens is 316 g/mol. The summed E-state index contributed by atoms with van der Waals surface area (Å²) in [6, 6.07) is 5.50. The summed E-state index contributed by atoms with van der Waals surface area (Å²) in [6.45, 7) is 0. The highest BCUT2D eigenvalue weighted by Crippen LogP contribution is 2.45. The predicted molar refractivity (Wildman–Crippen MR) is 85.0 cm³/mol. The summed E-state index contributed by atoms with van der Waals surface area (Å²) in [5, 5.41) is 39.6. The summed E-state index contributed by atoms with van der Waals surface area (Å²) in [5.74, 6) is -0.285. The van der Waals surface area contributed by atoms with E-state index in [1.54, 1.807) is 0 Å². The quantitative estimate of drug-likeness (QED) is 0.640. The molecule has 0 saturated carbocycles. The average molecular weight is 332 g/mol. The Hall–Kier alpha value is -3.22. The molecule has 2 aromatic rings. The predicted octanol–water partition coefficient (Wildman–Crippen LogP) is 2.85. The second kappa shape index (κ2) is 5.77. The van der Waals surface area contributed by atoms with Crippen LogP contribution in [0.15, 0.2) is 30.0 Å². The van der Waals surface area contributed by atoms with E-state index in [1.165, 1.54) is 44.6 Å². The van der Waals surface area contributed by atoms with Gasteiger partial charge in [-0.05, 0) is 18.2 Å². The molecule has 7 heteroatoms. The standard InChI is InChI=1S/C17H16O7/c1-22-13-5-9(18)6-14-10(13)7-12(20)17(24-14)8-3-11(19)16(21)15(4-8)23-2/h3-7,17-21H,1-2H3. The molecule has 1 aliphatic rings. The molecule has 1 unspecified atom stereocenters. The molecule has 0 fully saturated rings. The second-order valence-corrected chi connectivity index (χ2v) is 5.22. The maximum atomic E-state index is 10.3. The first-order valence-corrected chi connectivity index (χ1v) is 7.02. The summed E-state index contributed by atoms with van der Waals surface area (Å²) in [4.78, 5) is 0. The molecule has 0 amide bonds. The van der Waals surface area contributed by atoms with Crippen molar-refractivity contribution in [2.75, 3.05) is 14.2 Å². The Kier molecular flexibility index (Phi) is 3.76. The summed E-state index contributed by atoms with van der Waals surface area (Å²) in [6.07, 6.45) is 0.516. The Bertz CT molecular complexity index is 826. The van der Waals surface area contributed by atoms with Crippen molar-refractivity contribution >= 4 is 6.08 Å². The van der Waals surface area contributed by atoms with Gasteiger partial charge in [-0.2, -0.15) is 0 Å². The number of fused-ring (bicyclic) bond motifs is 1. The van der Waals surface area contributed by atoms with Crippen molar-refractivity contribution in [3.8, 4) is 34.5 Å². The number of methoxy groups -OCH3 is 2. The van der Waals surface area contributed by atoms with Crippen molar-refractivity contribution in [2.24, 2.45) is 0 Å². The van der Waals surface area contributed by atoms with Crippen molar-refractivity contribution in [2.45, 2.75) is 6.10 Å². The summed E-state index contributed by atoms with van der Waals surface area (Å²) < 4.78 is 15.9. The second-order valence-electron chi connectivity index (χ2n) is 5.22. The Morgan fingerprint density at radius 2 is 1.62 bits per heavy atom. The Balaban J connectivity index is 2.08. The van der Waals surface area contributed by atoms with Gasteiger partial charge in [0.25, 0.3) is 0 Å². The molecule has 0 aromatic heterocycles. The molecule has 0 spiro atoms. The number of aliphatic hydroxyl groups excluding tert-OH is 1. The van der Waals surface area contributed by atoms with Gasteiger partial charge in [0.05, 0.1) is 19.8 Å². The van der Waals surface area contributed by atoms with Gasteiger partial charge in [0.2, 0.25) is 5.75 Å². The zero-order valence-electron chi connectivity index (χ0n) is 13.0. The largest absolute Gasteiger partial charge is 0.508 e. The van der Waals surface area contributed by atoms with Gasteiger partial charge >= 0.3 is 0 Å². The molecular formula is C17H16O7. The molecule has 1 aliphatic heterocycles. The SMILES string of the molecule is COc1cc(C2Oc3cc(O)cc(OC)c3C=C2O)cc(O)c1O. The summed E-state index contributed by atoms with van der Waals surface area (Å²) in [5.41, 5.74) is 0.850. The van der Waals surface area contributed by atoms with Crippen molar-refractivity contribution in [3.63, 3.8) is 0 Å². The van der Waals surface area contributed by atoms with E-state index in [4.69, 9.17) is 14.2 Å². The fraction of sp³-hybridized carbons (Fsp3) is 0.176. The third-order valence-corrected chi connectivity index (χ3v) is 3.71. The zero-order valence-corrected chi connectivity index (χ0v) is 13.0. The Morgan fingerprint density at radius 3 is 2.29 bits per heavy atom. The third kappa shape index (κ3) is 2.50. The van der Waals surface area contributed by atoms with Crippen LogP contribution in [0.2, 0.25) is 0 Å². The monoisotopic (exact) mass is 332 g/mol. The number of aliphatic hydroxyl groups is 1. The number of phenols is 3. The van der Waals surface area contributed by atoms with E-state index < -0.39 is 17.6 Å². The number of rotatable bonds is 3. The highest BCUT2D eigenvalue weighted by Gasteiger charge is 2.28. The normalized spacial score (nSPS) is 15.9. The van der Waals surface area contributed by atoms with E-state index in [-0.39, 0.29) is 17.3 Å². The first-order valence-electron chi connectivity index (χ1n) is 7.02. The van der Waals surface area contributed by atoms with Gasteiger partial charge < -0.3 is 34.6 Å². The molecule has 2 aromatic carbocycles. The summed E-state index contributed by atoms with van der Waals surface area (Å²) in [7, 11) is 2.78. The van der Waals surface area contributed by atoms with Crippen LogP contribution in [-0.2, 0) is 0 Å². The third-order valence-electron chi connectivity index (χ3n) is 3.71. The van der Waals surface area contributed by atoms with Crippen LogP contribution in [-0.4, -0.2) is 34.6 Å². The van der Waals surface area contributed by atoms with Crippen LogP contribution in [0.4, 0.5) is 0 Å². The first-order chi connectivity index (χ1) is 11.4. The van der Waals surface area contributed by atoms with E-state index in [0.29, 0.717) is 22.6 Å². The molecule has 126 valence electrons. The van der Waals surface area contributed by atoms with Gasteiger partial charge in [-0.15, -0.1) is 0 Å². The number of aromatic hydroxyl groups is 3. The maximum Gasteiger partial charge on any atom is 0.200 e. The van der Waals surface area contributed by atoms with Gasteiger partial charge in [-0.25, -0.2) is 0 Å². The highest BCUT2D eigenvalue weighted by atomic mass is 16.5. The average Bonchev–Trinajstić information content (AvgIpc) is 2.56. The number of phenolic OH excluding ortho intramolecular Hbond substituents is 3. The lowest BCUT2D eigenvalue weighted by molar-refractivity contribution is 0.172. The smallest absolute Gasteiger partial charge is 0.200 e. The summed E-state index contributed by atoms with van der Waals surface area (Å²) >= 11 is 0. The van der Waals surface area contributed by atoms with E-state index in [1.807, 2.05) is 0 Å². The van der Waals surface area contributed by atoms with E-state index in [9.17, 15) is 20.4 Å². The molecule has 0 radical (unpaired) electrons. The number of hydrogen-bond donors (Lipinski definition) is 4. The molecule has 3 rings (SSSR count). The maximum absolute atomic E-state index is 10.3. The highest BCUT2D eigenvalue weighted by molar-refractivity contribution is 5.70. The van der Waals surface area contributed by atoms with Crippen LogP contribution in [0, 0.1) is 0 Å².